The third-order valence-electron chi connectivity index (χ3n) is 4.80. The van der Waals surface area contributed by atoms with Crippen molar-refractivity contribution in [3.8, 4) is 5.75 Å². The van der Waals surface area contributed by atoms with E-state index in [1.165, 1.54) is 25.3 Å². The average Bonchev–Trinajstić information content (AvgIpc) is 2.77. The van der Waals surface area contributed by atoms with Gasteiger partial charge in [-0.25, -0.2) is 8.42 Å². The maximum atomic E-state index is 13.5. The molecule has 3 rings (SSSR count). The molecule has 0 fully saturated rings. The Labute approximate surface area is 208 Å². The molecule has 0 bridgehead atoms. The second kappa shape index (κ2) is 10.7. The van der Waals surface area contributed by atoms with Crippen molar-refractivity contribution in [2.24, 2.45) is 0 Å². The number of hydrogen-bond donors (Lipinski definition) is 1. The first-order valence-electron chi connectivity index (χ1n) is 9.75. The van der Waals surface area contributed by atoms with Crippen molar-refractivity contribution in [3.63, 3.8) is 0 Å². The number of benzene rings is 3. The number of nitrogens with one attached hydrogen (secondary N) is 1. The van der Waals surface area contributed by atoms with Crippen molar-refractivity contribution in [1.29, 1.82) is 0 Å². The number of carbonyl (C=O) groups is 1. The molecule has 0 aromatic heterocycles. The molecule has 3 aromatic carbocycles. The van der Waals surface area contributed by atoms with Gasteiger partial charge >= 0.3 is 0 Å². The molecule has 0 atom stereocenters. The van der Waals surface area contributed by atoms with Crippen molar-refractivity contribution >= 4 is 56.4 Å². The van der Waals surface area contributed by atoms with Gasteiger partial charge in [-0.1, -0.05) is 58.6 Å². The Kier molecular flexibility index (Phi) is 8.13. The maximum absolute atomic E-state index is 13.5. The van der Waals surface area contributed by atoms with Gasteiger partial charge in [-0.3, -0.25) is 9.10 Å². The molecule has 0 radical (unpaired) electrons. The highest BCUT2D eigenvalue weighted by molar-refractivity contribution is 7.92. The van der Waals surface area contributed by atoms with Gasteiger partial charge in [0.1, 0.15) is 12.3 Å². The van der Waals surface area contributed by atoms with Crippen LogP contribution < -0.4 is 14.4 Å². The average molecular weight is 528 g/mol. The molecule has 3 aromatic rings. The van der Waals surface area contributed by atoms with Crippen molar-refractivity contribution in [2.75, 3.05) is 18.0 Å². The van der Waals surface area contributed by atoms with Gasteiger partial charge in [0.2, 0.25) is 5.91 Å². The van der Waals surface area contributed by atoms with Gasteiger partial charge in [0.25, 0.3) is 10.0 Å². The number of anilines is 1. The Morgan fingerprint density at radius 3 is 2.24 bits per heavy atom. The lowest BCUT2D eigenvalue weighted by molar-refractivity contribution is -0.119. The topological polar surface area (TPSA) is 75.7 Å². The lowest BCUT2D eigenvalue weighted by atomic mass is 10.2. The van der Waals surface area contributed by atoms with E-state index >= 15 is 0 Å². The fourth-order valence-corrected chi connectivity index (χ4v) is 5.11. The lowest BCUT2D eigenvalue weighted by Crippen LogP contribution is -2.41. The molecular formula is C23H21Cl3N2O4S. The van der Waals surface area contributed by atoms with Crippen LogP contribution in [0.3, 0.4) is 0 Å². The first kappa shape index (κ1) is 25.2. The van der Waals surface area contributed by atoms with Crippen molar-refractivity contribution in [1.82, 2.24) is 5.32 Å². The Morgan fingerprint density at radius 1 is 0.970 bits per heavy atom. The zero-order valence-corrected chi connectivity index (χ0v) is 20.9. The van der Waals surface area contributed by atoms with E-state index in [0.29, 0.717) is 20.6 Å². The van der Waals surface area contributed by atoms with E-state index in [-0.39, 0.29) is 22.9 Å². The van der Waals surface area contributed by atoms with E-state index in [0.717, 1.165) is 9.87 Å². The van der Waals surface area contributed by atoms with E-state index in [1.54, 1.807) is 42.5 Å². The molecule has 0 saturated carbocycles. The van der Waals surface area contributed by atoms with Crippen LogP contribution in [0.5, 0.6) is 5.75 Å². The van der Waals surface area contributed by atoms with Crippen LogP contribution in [0.4, 0.5) is 5.69 Å². The number of aryl methyl sites for hydroxylation is 1. The Hall–Kier alpha value is -2.45. The predicted molar refractivity (Wildman–Crippen MR) is 132 cm³/mol. The van der Waals surface area contributed by atoms with E-state index in [4.69, 9.17) is 39.5 Å². The minimum absolute atomic E-state index is 0.0312. The quantitative estimate of drug-likeness (QED) is 0.421. The lowest BCUT2D eigenvalue weighted by Gasteiger charge is -2.26. The van der Waals surface area contributed by atoms with Gasteiger partial charge < -0.3 is 10.1 Å². The molecule has 1 N–H and O–H groups in total. The van der Waals surface area contributed by atoms with Crippen molar-refractivity contribution in [3.05, 3.63) is 86.9 Å². The number of carbonyl (C=O) groups excluding carboxylic acids is 1. The first-order chi connectivity index (χ1) is 15.6. The summed E-state index contributed by atoms with van der Waals surface area (Å²) in [6.07, 6.45) is 0. The van der Waals surface area contributed by atoms with Gasteiger partial charge in [-0.05, 0) is 55.0 Å². The van der Waals surface area contributed by atoms with Crippen LogP contribution in [0, 0.1) is 6.92 Å². The van der Waals surface area contributed by atoms with Crippen LogP contribution in [0.25, 0.3) is 0 Å². The summed E-state index contributed by atoms with van der Waals surface area (Å²) >= 11 is 18.2. The van der Waals surface area contributed by atoms with E-state index in [2.05, 4.69) is 5.32 Å². The number of methoxy groups -OCH3 is 1. The molecule has 174 valence electrons. The van der Waals surface area contributed by atoms with Gasteiger partial charge in [-0.2, -0.15) is 0 Å². The molecule has 0 aliphatic carbocycles. The summed E-state index contributed by atoms with van der Waals surface area (Å²) in [4.78, 5) is 12.9. The van der Waals surface area contributed by atoms with Crippen LogP contribution in [-0.2, 0) is 21.4 Å². The second-order valence-electron chi connectivity index (χ2n) is 7.15. The van der Waals surface area contributed by atoms with Gasteiger partial charge in [0.05, 0.1) is 17.7 Å². The van der Waals surface area contributed by atoms with Crippen LogP contribution in [0.2, 0.25) is 15.1 Å². The summed E-state index contributed by atoms with van der Waals surface area (Å²) in [6, 6.07) is 15.8. The van der Waals surface area contributed by atoms with Crippen LogP contribution in [-0.4, -0.2) is 28.0 Å². The number of amides is 1. The summed E-state index contributed by atoms with van der Waals surface area (Å²) in [6.45, 7) is 1.45. The van der Waals surface area contributed by atoms with E-state index < -0.39 is 22.5 Å². The number of sulfonamides is 1. The van der Waals surface area contributed by atoms with Crippen LogP contribution in [0.15, 0.2) is 65.6 Å². The Morgan fingerprint density at radius 2 is 1.61 bits per heavy atom. The molecule has 0 saturated heterocycles. The van der Waals surface area contributed by atoms with Gasteiger partial charge in [0, 0.05) is 21.6 Å². The Balaban J connectivity index is 1.94. The normalized spacial score (nSPS) is 11.2. The summed E-state index contributed by atoms with van der Waals surface area (Å²) in [7, 11) is -2.71. The summed E-state index contributed by atoms with van der Waals surface area (Å²) in [5, 5.41) is 3.86. The number of halogens is 3. The van der Waals surface area contributed by atoms with Gasteiger partial charge in [0.15, 0.2) is 0 Å². The SMILES string of the molecule is COc1ccc(Cl)cc1N(CC(=O)NCc1ccc(Cl)cc1Cl)S(=O)(=O)c1ccc(C)cc1. The van der Waals surface area contributed by atoms with Crippen molar-refractivity contribution in [2.45, 2.75) is 18.4 Å². The van der Waals surface area contributed by atoms with Crippen LogP contribution >= 0.6 is 34.8 Å². The highest BCUT2D eigenvalue weighted by Crippen LogP contribution is 2.34. The molecule has 6 nitrogen and oxygen atoms in total. The fourth-order valence-electron chi connectivity index (χ4n) is 3.04. The molecule has 33 heavy (non-hydrogen) atoms. The third-order valence-corrected chi connectivity index (χ3v) is 7.39. The third kappa shape index (κ3) is 6.12. The smallest absolute Gasteiger partial charge is 0.264 e. The standard InChI is InChI=1S/C23H21Cl3N2O4S/c1-15-3-8-19(9-4-15)33(30,31)28(21-12-18(25)7-10-22(21)32-2)14-23(29)27-13-16-5-6-17(24)11-20(16)26/h3-12H,13-14H2,1-2H3,(H,27,29). The van der Waals surface area contributed by atoms with Crippen LogP contribution in [0.1, 0.15) is 11.1 Å². The van der Waals surface area contributed by atoms with Crippen molar-refractivity contribution < 1.29 is 17.9 Å². The Bertz CT molecular complexity index is 1270. The first-order valence-corrected chi connectivity index (χ1v) is 12.3. The van der Waals surface area contributed by atoms with Gasteiger partial charge in [-0.15, -0.1) is 0 Å². The fraction of sp³-hybridized carbons (Fsp3) is 0.174. The summed E-state index contributed by atoms with van der Waals surface area (Å²) in [5.74, 6) is -0.289. The number of hydrogen-bond acceptors (Lipinski definition) is 4. The maximum Gasteiger partial charge on any atom is 0.264 e. The number of ether oxygens (including phenoxy) is 1. The highest BCUT2D eigenvalue weighted by atomic mass is 35.5. The molecule has 0 aliphatic heterocycles. The zero-order chi connectivity index (χ0) is 24.2. The largest absolute Gasteiger partial charge is 0.495 e. The monoisotopic (exact) mass is 526 g/mol. The van der Waals surface area contributed by atoms with E-state index in [1.807, 2.05) is 6.92 Å². The molecule has 1 amide bonds. The van der Waals surface area contributed by atoms with E-state index in [9.17, 15) is 13.2 Å². The molecule has 0 unspecified atom stereocenters. The summed E-state index contributed by atoms with van der Waals surface area (Å²) in [5.41, 5.74) is 1.69. The number of rotatable bonds is 8. The molecule has 0 aliphatic rings. The minimum Gasteiger partial charge on any atom is -0.495 e. The molecule has 0 heterocycles. The number of nitrogens with zero attached hydrogens (tertiary/aromatic N) is 1. The second-order valence-corrected chi connectivity index (χ2v) is 10.3. The predicted octanol–water partition coefficient (Wildman–Crippen LogP) is 5.48. The summed E-state index contributed by atoms with van der Waals surface area (Å²) < 4.78 is 33.4. The molecule has 0 spiro atoms. The highest BCUT2D eigenvalue weighted by Gasteiger charge is 2.29. The minimum atomic E-state index is -4.12. The zero-order valence-electron chi connectivity index (χ0n) is 17.8. The molecule has 10 heteroatoms. The molecular weight excluding hydrogens is 507 g/mol.